The van der Waals surface area contributed by atoms with Crippen LogP contribution in [0.4, 0.5) is 0 Å². The van der Waals surface area contributed by atoms with Gasteiger partial charge in [0.2, 0.25) is 0 Å². The van der Waals surface area contributed by atoms with Crippen molar-refractivity contribution >= 4 is 11.0 Å². The van der Waals surface area contributed by atoms with Crippen molar-refractivity contribution in [3.05, 3.63) is 35.4 Å². The summed E-state index contributed by atoms with van der Waals surface area (Å²) in [7, 11) is 1.14. The summed E-state index contributed by atoms with van der Waals surface area (Å²) < 4.78 is 15.2. The van der Waals surface area contributed by atoms with Gasteiger partial charge in [-0.15, -0.1) is 0 Å². The van der Waals surface area contributed by atoms with E-state index in [1.807, 2.05) is 20.8 Å². The van der Waals surface area contributed by atoms with Gasteiger partial charge in [0.1, 0.15) is 0 Å². The normalized spacial score (nSPS) is 20.4. The third kappa shape index (κ3) is 5.68. The molecule has 0 amide bonds. The molecular weight excluding hydrogens is 306 g/mol. The van der Waals surface area contributed by atoms with E-state index in [2.05, 4.69) is 52.8 Å². The molecule has 4 nitrogen and oxygen atoms in total. The van der Waals surface area contributed by atoms with Gasteiger partial charge in [0.15, 0.2) is 0 Å². The van der Waals surface area contributed by atoms with Crippen LogP contribution in [-0.2, 0) is 17.5 Å². The van der Waals surface area contributed by atoms with Gasteiger partial charge >= 0.3 is 0 Å². The van der Waals surface area contributed by atoms with E-state index in [9.17, 15) is 4.21 Å². The molecule has 130 valence electrons. The SMILES string of the molecule is CC(NS(=O)C(C)(C)C)c1ccc(CN2CCN(C)CC2)cc1. The fourth-order valence-electron chi connectivity index (χ4n) is 2.58. The fourth-order valence-corrected chi connectivity index (χ4v) is 3.39. The molecular formula is C18H31N3OS. The van der Waals surface area contributed by atoms with Crippen molar-refractivity contribution in [2.45, 2.75) is 45.0 Å². The molecule has 2 unspecified atom stereocenters. The standard InChI is InChI=1S/C18H31N3OS/c1-15(19-23(22)18(2,3)4)17-8-6-16(7-9-17)14-21-12-10-20(5)11-13-21/h6-9,15,19H,10-14H2,1-5H3. The third-order valence-electron chi connectivity index (χ3n) is 4.32. The van der Waals surface area contributed by atoms with Crippen LogP contribution in [0.1, 0.15) is 44.9 Å². The molecule has 0 saturated carbocycles. The molecule has 0 aromatic heterocycles. The van der Waals surface area contributed by atoms with E-state index < -0.39 is 11.0 Å². The summed E-state index contributed by atoms with van der Waals surface area (Å²) in [6.45, 7) is 13.6. The van der Waals surface area contributed by atoms with E-state index in [1.54, 1.807) is 0 Å². The predicted molar refractivity (Wildman–Crippen MR) is 98.7 cm³/mol. The lowest BCUT2D eigenvalue weighted by Crippen LogP contribution is -2.43. The maximum Gasteiger partial charge on any atom is 0.0975 e. The predicted octanol–water partition coefficient (Wildman–Crippen LogP) is 2.55. The molecule has 1 aromatic rings. The van der Waals surface area contributed by atoms with Crippen molar-refractivity contribution in [2.24, 2.45) is 0 Å². The van der Waals surface area contributed by atoms with Crippen LogP contribution in [0.15, 0.2) is 24.3 Å². The minimum Gasteiger partial charge on any atom is -0.304 e. The average molecular weight is 338 g/mol. The first-order chi connectivity index (χ1) is 10.8. The van der Waals surface area contributed by atoms with Crippen molar-refractivity contribution < 1.29 is 4.21 Å². The summed E-state index contributed by atoms with van der Waals surface area (Å²) in [4.78, 5) is 4.88. The second kappa shape index (κ2) is 7.88. The largest absolute Gasteiger partial charge is 0.304 e. The second-order valence-corrected chi connectivity index (χ2v) is 9.54. The van der Waals surface area contributed by atoms with E-state index in [-0.39, 0.29) is 10.8 Å². The zero-order valence-corrected chi connectivity index (χ0v) is 15.9. The Balaban J connectivity index is 1.90. The summed E-state index contributed by atoms with van der Waals surface area (Å²) in [5, 5.41) is 0. The van der Waals surface area contributed by atoms with Crippen LogP contribution in [0.25, 0.3) is 0 Å². The summed E-state index contributed by atoms with van der Waals surface area (Å²) in [5.74, 6) is 0. The highest BCUT2D eigenvalue weighted by atomic mass is 32.2. The van der Waals surface area contributed by atoms with Crippen LogP contribution in [0.2, 0.25) is 0 Å². The molecule has 1 aliphatic rings. The third-order valence-corrected chi connectivity index (χ3v) is 6.00. The van der Waals surface area contributed by atoms with Crippen molar-refractivity contribution in [1.82, 2.24) is 14.5 Å². The number of nitrogens with one attached hydrogen (secondary N) is 1. The molecule has 23 heavy (non-hydrogen) atoms. The first kappa shape index (κ1) is 18.6. The monoisotopic (exact) mass is 337 g/mol. The lowest BCUT2D eigenvalue weighted by atomic mass is 10.1. The number of nitrogens with zero attached hydrogens (tertiary/aromatic N) is 2. The summed E-state index contributed by atoms with van der Waals surface area (Å²) >= 11 is 0. The molecule has 2 rings (SSSR count). The Bertz CT molecular complexity index is 516. The van der Waals surface area contributed by atoms with Gasteiger partial charge in [-0.3, -0.25) is 4.90 Å². The molecule has 1 N–H and O–H groups in total. The van der Waals surface area contributed by atoms with Crippen LogP contribution in [0.3, 0.4) is 0 Å². The molecule has 5 heteroatoms. The van der Waals surface area contributed by atoms with E-state index >= 15 is 0 Å². The molecule has 1 saturated heterocycles. The molecule has 0 spiro atoms. The Morgan fingerprint density at radius 3 is 2.22 bits per heavy atom. The Kier molecular flexibility index (Phi) is 6.37. The van der Waals surface area contributed by atoms with Gasteiger partial charge in [-0.25, -0.2) is 8.93 Å². The number of benzene rings is 1. The lowest BCUT2D eigenvalue weighted by Gasteiger charge is -2.32. The fraction of sp³-hybridized carbons (Fsp3) is 0.667. The van der Waals surface area contributed by atoms with Crippen molar-refractivity contribution in [3.8, 4) is 0 Å². The zero-order chi connectivity index (χ0) is 17.0. The maximum atomic E-state index is 12.2. The van der Waals surface area contributed by atoms with Gasteiger partial charge in [0, 0.05) is 38.8 Å². The van der Waals surface area contributed by atoms with Crippen LogP contribution < -0.4 is 4.72 Å². The highest BCUT2D eigenvalue weighted by molar-refractivity contribution is 7.84. The van der Waals surface area contributed by atoms with E-state index in [0.29, 0.717) is 0 Å². The highest BCUT2D eigenvalue weighted by Gasteiger charge is 2.21. The van der Waals surface area contributed by atoms with Gasteiger partial charge in [0.05, 0.1) is 15.7 Å². The molecule has 1 aromatic carbocycles. The summed E-state index contributed by atoms with van der Waals surface area (Å²) in [6, 6.07) is 8.80. The number of hydrogen-bond donors (Lipinski definition) is 1. The number of rotatable bonds is 5. The average Bonchev–Trinajstić information content (AvgIpc) is 2.49. The lowest BCUT2D eigenvalue weighted by molar-refractivity contribution is 0.148. The molecule has 0 bridgehead atoms. The number of hydrogen-bond acceptors (Lipinski definition) is 3. The Labute approximate surface area is 143 Å². The topological polar surface area (TPSA) is 35.6 Å². The van der Waals surface area contributed by atoms with E-state index in [0.717, 1.165) is 32.7 Å². The molecule has 0 radical (unpaired) electrons. The first-order valence-corrected chi connectivity index (χ1v) is 9.58. The molecule has 2 atom stereocenters. The van der Waals surface area contributed by atoms with Crippen LogP contribution in [-0.4, -0.2) is 52.0 Å². The van der Waals surface area contributed by atoms with E-state index in [4.69, 9.17) is 0 Å². The van der Waals surface area contributed by atoms with Crippen LogP contribution >= 0.6 is 0 Å². The second-order valence-electron chi connectivity index (χ2n) is 7.54. The highest BCUT2D eigenvalue weighted by Crippen LogP contribution is 2.18. The van der Waals surface area contributed by atoms with E-state index in [1.165, 1.54) is 11.1 Å². The van der Waals surface area contributed by atoms with Crippen molar-refractivity contribution in [1.29, 1.82) is 0 Å². The molecule has 1 heterocycles. The van der Waals surface area contributed by atoms with Gasteiger partial charge in [-0.1, -0.05) is 24.3 Å². The Morgan fingerprint density at radius 1 is 1.13 bits per heavy atom. The molecule has 1 aliphatic heterocycles. The van der Waals surface area contributed by atoms with Gasteiger partial charge in [-0.05, 0) is 45.9 Å². The summed E-state index contributed by atoms with van der Waals surface area (Å²) in [5.41, 5.74) is 2.53. The van der Waals surface area contributed by atoms with Gasteiger partial charge in [-0.2, -0.15) is 0 Å². The Hall–Kier alpha value is -0.750. The molecule has 1 fully saturated rings. The quantitative estimate of drug-likeness (QED) is 0.897. The zero-order valence-electron chi connectivity index (χ0n) is 15.1. The van der Waals surface area contributed by atoms with Crippen molar-refractivity contribution in [3.63, 3.8) is 0 Å². The maximum absolute atomic E-state index is 12.2. The summed E-state index contributed by atoms with van der Waals surface area (Å²) in [6.07, 6.45) is 0. The van der Waals surface area contributed by atoms with Crippen LogP contribution in [0, 0.1) is 0 Å². The van der Waals surface area contributed by atoms with Crippen molar-refractivity contribution in [2.75, 3.05) is 33.2 Å². The smallest absolute Gasteiger partial charge is 0.0975 e. The van der Waals surface area contributed by atoms with Gasteiger partial charge < -0.3 is 4.90 Å². The van der Waals surface area contributed by atoms with Crippen LogP contribution in [0.5, 0.6) is 0 Å². The Morgan fingerprint density at radius 2 is 1.70 bits per heavy atom. The number of likely N-dealkylation sites (N-methyl/N-ethyl adjacent to an activating group) is 1. The minimum absolute atomic E-state index is 0.0905. The van der Waals surface area contributed by atoms with Gasteiger partial charge in [0.25, 0.3) is 0 Å². The first-order valence-electron chi connectivity index (χ1n) is 8.43. The number of piperazine rings is 1. The minimum atomic E-state index is -1.05. The molecule has 0 aliphatic carbocycles.